The van der Waals surface area contributed by atoms with Crippen LogP contribution in [0.5, 0.6) is 17.2 Å². The topological polar surface area (TPSA) is 110 Å². The summed E-state index contributed by atoms with van der Waals surface area (Å²) >= 11 is 0. The fourth-order valence-corrected chi connectivity index (χ4v) is 5.65. The van der Waals surface area contributed by atoms with E-state index in [4.69, 9.17) is 28.4 Å². The number of ether oxygens (including phenoxy) is 6. The molecule has 2 aliphatic heterocycles. The number of ketones is 1. The maximum Gasteiger partial charge on any atom is 0.309 e. The molecule has 2 unspecified atom stereocenters. The molecule has 0 amide bonds. The van der Waals surface area contributed by atoms with Crippen LogP contribution < -0.4 is 14.2 Å². The Morgan fingerprint density at radius 1 is 1.17 bits per heavy atom. The molecule has 0 saturated heterocycles. The highest BCUT2D eigenvalue weighted by Gasteiger charge is 2.61. The van der Waals surface area contributed by atoms with E-state index in [1.807, 2.05) is 27.7 Å². The molecule has 1 aromatic rings. The van der Waals surface area contributed by atoms with Crippen LogP contribution in [0.1, 0.15) is 51.3 Å². The predicted octanol–water partition coefficient (Wildman–Crippen LogP) is 3.34. The van der Waals surface area contributed by atoms with Gasteiger partial charge in [0.1, 0.15) is 18.1 Å². The van der Waals surface area contributed by atoms with Crippen molar-refractivity contribution in [3.63, 3.8) is 0 Å². The smallest absolute Gasteiger partial charge is 0.309 e. The van der Waals surface area contributed by atoms with Gasteiger partial charge in [0.05, 0.1) is 26.2 Å². The monoisotopic (exact) mass is 500 g/mol. The highest BCUT2D eigenvalue weighted by atomic mass is 16.7. The van der Waals surface area contributed by atoms with E-state index in [9.17, 15) is 14.7 Å². The molecule has 2 heterocycles. The minimum atomic E-state index is -1.41. The van der Waals surface area contributed by atoms with Crippen LogP contribution >= 0.6 is 0 Å². The van der Waals surface area contributed by atoms with Crippen LogP contribution in [0.2, 0.25) is 0 Å². The van der Waals surface area contributed by atoms with Crippen LogP contribution in [0, 0.1) is 17.8 Å². The number of carbonyl (C=O) groups excluding carboxylic acids is 2. The number of benzene rings is 1. The minimum absolute atomic E-state index is 0.00117. The van der Waals surface area contributed by atoms with E-state index in [0.29, 0.717) is 40.4 Å². The molecular weight excluding hydrogens is 468 g/mol. The first kappa shape index (κ1) is 24.5. The van der Waals surface area contributed by atoms with Crippen molar-refractivity contribution in [3.05, 3.63) is 40.4 Å². The number of hydrogen-bond acceptors (Lipinski definition) is 9. The van der Waals surface area contributed by atoms with Crippen molar-refractivity contribution in [2.24, 2.45) is 17.8 Å². The van der Waals surface area contributed by atoms with Gasteiger partial charge in [-0.05, 0) is 30.1 Å². The normalized spacial score (nSPS) is 30.9. The molecule has 0 bridgehead atoms. The van der Waals surface area contributed by atoms with Gasteiger partial charge in [-0.15, -0.1) is 0 Å². The number of fused-ring (bicyclic) bond motifs is 2. The molecule has 36 heavy (non-hydrogen) atoms. The SMILES string of the molecule is CCC(C)C(=O)O[C@H]1c2cc3c(c4c2[C@@]2(CO4)C(=O)C(OC)=C(OC)C=C2[C@H](O)C(C)[C@H]1C)OCO3. The number of carbonyl (C=O) groups is 2. The molecule has 1 aromatic carbocycles. The molecule has 0 radical (unpaired) electrons. The third-order valence-electron chi connectivity index (χ3n) is 8.22. The molecular formula is C27H32O9. The van der Waals surface area contributed by atoms with E-state index in [0.717, 1.165) is 0 Å². The lowest BCUT2D eigenvalue weighted by atomic mass is 9.61. The van der Waals surface area contributed by atoms with Crippen molar-refractivity contribution >= 4 is 11.8 Å². The Balaban J connectivity index is 1.82. The molecule has 2 aliphatic carbocycles. The number of methoxy groups -OCH3 is 2. The van der Waals surface area contributed by atoms with Gasteiger partial charge in [-0.25, -0.2) is 0 Å². The largest absolute Gasteiger partial charge is 0.493 e. The fourth-order valence-electron chi connectivity index (χ4n) is 5.65. The van der Waals surface area contributed by atoms with Gasteiger partial charge < -0.3 is 33.5 Å². The molecule has 0 aromatic heterocycles. The number of allylic oxidation sites excluding steroid dienone is 2. The Hall–Kier alpha value is -3.20. The van der Waals surface area contributed by atoms with Crippen molar-refractivity contribution in [1.29, 1.82) is 0 Å². The minimum Gasteiger partial charge on any atom is -0.493 e. The van der Waals surface area contributed by atoms with Gasteiger partial charge in [0, 0.05) is 17.0 Å². The number of hydrogen-bond donors (Lipinski definition) is 1. The van der Waals surface area contributed by atoms with Crippen LogP contribution in [-0.4, -0.2) is 50.6 Å². The van der Waals surface area contributed by atoms with Crippen LogP contribution in [0.3, 0.4) is 0 Å². The average Bonchev–Trinajstić information content (AvgIpc) is 3.51. The first-order valence-electron chi connectivity index (χ1n) is 12.3. The summed E-state index contributed by atoms with van der Waals surface area (Å²) < 4.78 is 34.7. The summed E-state index contributed by atoms with van der Waals surface area (Å²) in [6.07, 6.45) is 0.487. The third kappa shape index (κ3) is 3.18. The summed E-state index contributed by atoms with van der Waals surface area (Å²) in [6.45, 7) is 7.48. The molecule has 1 N–H and O–H groups in total. The summed E-state index contributed by atoms with van der Waals surface area (Å²) in [6, 6.07) is 1.78. The zero-order chi connectivity index (χ0) is 25.9. The van der Waals surface area contributed by atoms with Gasteiger partial charge in [-0.1, -0.05) is 27.7 Å². The molecule has 4 aliphatic rings. The molecule has 5 rings (SSSR count). The van der Waals surface area contributed by atoms with Gasteiger partial charge in [0.15, 0.2) is 17.3 Å². The van der Waals surface area contributed by atoms with Gasteiger partial charge in [0.2, 0.25) is 24.1 Å². The van der Waals surface area contributed by atoms with E-state index in [2.05, 4.69) is 0 Å². The number of esters is 1. The summed E-state index contributed by atoms with van der Waals surface area (Å²) in [5.74, 6) is -0.288. The summed E-state index contributed by atoms with van der Waals surface area (Å²) in [7, 11) is 2.85. The number of Topliss-reactive ketones (excluding diaryl/α,β-unsaturated/α-hetero) is 1. The highest BCUT2D eigenvalue weighted by molar-refractivity contribution is 6.08. The Morgan fingerprint density at radius 3 is 2.58 bits per heavy atom. The fraction of sp³-hybridized carbons (Fsp3) is 0.556. The lowest BCUT2D eigenvalue weighted by Gasteiger charge is -2.43. The van der Waals surface area contributed by atoms with Crippen molar-refractivity contribution in [2.45, 2.75) is 51.7 Å². The molecule has 1 spiro atoms. The molecule has 0 saturated carbocycles. The number of rotatable bonds is 5. The second-order valence-corrected chi connectivity index (χ2v) is 9.96. The molecule has 0 fully saturated rings. The van der Waals surface area contributed by atoms with Crippen LogP contribution in [0.4, 0.5) is 0 Å². The average molecular weight is 501 g/mol. The first-order chi connectivity index (χ1) is 17.2. The van der Waals surface area contributed by atoms with E-state index in [1.165, 1.54) is 14.2 Å². The van der Waals surface area contributed by atoms with Crippen LogP contribution in [0.25, 0.3) is 0 Å². The Bertz CT molecular complexity index is 1180. The molecule has 194 valence electrons. The maximum absolute atomic E-state index is 14.2. The van der Waals surface area contributed by atoms with E-state index >= 15 is 0 Å². The Morgan fingerprint density at radius 2 is 1.92 bits per heavy atom. The lowest BCUT2D eigenvalue weighted by Crippen LogP contribution is -2.51. The molecule has 6 atom stereocenters. The van der Waals surface area contributed by atoms with E-state index in [1.54, 1.807) is 12.1 Å². The summed E-state index contributed by atoms with van der Waals surface area (Å²) in [5, 5.41) is 11.7. The van der Waals surface area contributed by atoms with Crippen LogP contribution in [0.15, 0.2) is 29.2 Å². The molecule has 9 nitrogen and oxygen atoms in total. The third-order valence-corrected chi connectivity index (χ3v) is 8.22. The summed E-state index contributed by atoms with van der Waals surface area (Å²) in [4.78, 5) is 27.2. The quantitative estimate of drug-likeness (QED) is 0.609. The number of aliphatic hydroxyl groups is 1. The van der Waals surface area contributed by atoms with Crippen LogP contribution in [-0.2, 0) is 29.2 Å². The zero-order valence-electron chi connectivity index (χ0n) is 21.4. The van der Waals surface area contributed by atoms with Crippen molar-refractivity contribution in [2.75, 3.05) is 27.6 Å². The van der Waals surface area contributed by atoms with Gasteiger partial charge in [0.25, 0.3) is 0 Å². The standard InChI is InChI=1S/C27H32O9/c1-7-12(2)26(30)36-21-14(4)13(3)20(28)16-9-17(31-5)23(32-6)25(29)27(16)10-33-24-19(27)15(21)8-18-22(24)35-11-34-18/h8-9,12-14,20-21,28H,7,10-11H2,1-6H3/t12?,13?,14-,20-,21-,27+/m1/s1. The highest BCUT2D eigenvalue weighted by Crippen LogP contribution is 2.61. The zero-order valence-corrected chi connectivity index (χ0v) is 21.4. The second kappa shape index (κ2) is 8.73. The number of aliphatic hydroxyl groups excluding tert-OH is 1. The van der Waals surface area contributed by atoms with E-state index in [-0.39, 0.29) is 48.6 Å². The second-order valence-electron chi connectivity index (χ2n) is 9.96. The Kier molecular flexibility index (Phi) is 5.94. The summed E-state index contributed by atoms with van der Waals surface area (Å²) in [5.41, 5.74) is 0.154. The van der Waals surface area contributed by atoms with Gasteiger partial charge in [-0.3, -0.25) is 9.59 Å². The first-order valence-corrected chi connectivity index (χ1v) is 12.3. The van der Waals surface area contributed by atoms with Gasteiger partial charge >= 0.3 is 5.97 Å². The van der Waals surface area contributed by atoms with Crippen molar-refractivity contribution < 1.29 is 43.1 Å². The predicted molar refractivity (Wildman–Crippen MR) is 126 cm³/mol. The maximum atomic E-state index is 14.2. The van der Waals surface area contributed by atoms with Crippen molar-refractivity contribution in [3.8, 4) is 17.2 Å². The van der Waals surface area contributed by atoms with E-state index < -0.39 is 23.4 Å². The van der Waals surface area contributed by atoms with Crippen molar-refractivity contribution in [1.82, 2.24) is 0 Å². The lowest BCUT2D eigenvalue weighted by molar-refractivity contribution is -0.158. The van der Waals surface area contributed by atoms with Gasteiger partial charge in [-0.2, -0.15) is 0 Å². The Labute approximate surface area is 209 Å². The molecule has 9 heteroatoms.